The molecule has 0 radical (unpaired) electrons. The molecule has 1 atom stereocenters. The van der Waals surface area contributed by atoms with Crippen molar-refractivity contribution in [3.63, 3.8) is 0 Å². The van der Waals surface area contributed by atoms with Crippen LogP contribution < -0.4 is 5.32 Å². The van der Waals surface area contributed by atoms with Crippen LogP contribution in [-0.4, -0.2) is 12.6 Å². The number of rotatable bonds is 7. The van der Waals surface area contributed by atoms with Crippen LogP contribution in [-0.2, 0) is 6.42 Å². The number of hydrogen-bond donors (Lipinski definition) is 1. The van der Waals surface area contributed by atoms with Crippen LogP contribution in [0.4, 0.5) is 0 Å². The van der Waals surface area contributed by atoms with E-state index in [-0.39, 0.29) is 0 Å². The Kier molecular flexibility index (Phi) is 6.19. The molecule has 0 spiro atoms. The predicted octanol–water partition coefficient (Wildman–Crippen LogP) is 5.00. The van der Waals surface area contributed by atoms with Crippen molar-refractivity contribution >= 4 is 27.3 Å². The summed E-state index contributed by atoms with van der Waals surface area (Å²) in [6.07, 6.45) is 9.62. The van der Waals surface area contributed by atoms with Crippen molar-refractivity contribution < 1.29 is 0 Å². The molecule has 1 aliphatic rings. The first-order chi connectivity index (χ1) is 8.78. The zero-order valence-electron chi connectivity index (χ0n) is 11.3. The second-order valence-corrected chi connectivity index (χ2v) is 7.99. The second-order valence-electron chi connectivity index (χ2n) is 5.45. The molecule has 0 saturated heterocycles. The quantitative estimate of drug-likeness (QED) is 0.742. The Balaban J connectivity index is 1.86. The molecule has 1 unspecified atom stereocenters. The lowest BCUT2D eigenvalue weighted by molar-refractivity contribution is 0.386. The SMILES string of the molecule is CCCNC(Cc1ccc(Br)s1)CC1CCCC1. The van der Waals surface area contributed by atoms with Gasteiger partial charge >= 0.3 is 0 Å². The third kappa shape index (κ3) is 4.67. The van der Waals surface area contributed by atoms with Gasteiger partial charge in [0, 0.05) is 10.9 Å². The van der Waals surface area contributed by atoms with Crippen LogP contribution in [0.2, 0.25) is 0 Å². The highest BCUT2D eigenvalue weighted by Gasteiger charge is 2.20. The van der Waals surface area contributed by atoms with Crippen LogP contribution >= 0.6 is 27.3 Å². The Bertz CT molecular complexity index is 344. The van der Waals surface area contributed by atoms with Gasteiger partial charge in [-0.3, -0.25) is 0 Å². The van der Waals surface area contributed by atoms with E-state index in [9.17, 15) is 0 Å². The minimum Gasteiger partial charge on any atom is -0.314 e. The fraction of sp³-hybridized carbons (Fsp3) is 0.733. The molecule has 1 nitrogen and oxygen atoms in total. The van der Waals surface area contributed by atoms with E-state index in [4.69, 9.17) is 0 Å². The van der Waals surface area contributed by atoms with E-state index in [1.54, 1.807) is 0 Å². The van der Waals surface area contributed by atoms with E-state index in [1.807, 2.05) is 11.3 Å². The van der Waals surface area contributed by atoms with Crippen LogP contribution in [0.3, 0.4) is 0 Å². The third-order valence-corrected chi connectivity index (χ3v) is 5.50. The minimum absolute atomic E-state index is 0.679. The molecule has 102 valence electrons. The van der Waals surface area contributed by atoms with E-state index < -0.39 is 0 Å². The van der Waals surface area contributed by atoms with Gasteiger partial charge in [-0.25, -0.2) is 0 Å². The first-order valence-corrected chi connectivity index (χ1v) is 8.86. The number of hydrogen-bond acceptors (Lipinski definition) is 2. The first-order valence-electron chi connectivity index (χ1n) is 7.25. The number of halogens is 1. The third-order valence-electron chi connectivity index (χ3n) is 3.85. The lowest BCUT2D eigenvalue weighted by Crippen LogP contribution is -2.33. The molecule has 0 bridgehead atoms. The van der Waals surface area contributed by atoms with Gasteiger partial charge in [0.2, 0.25) is 0 Å². The molecule has 1 aromatic rings. The second kappa shape index (κ2) is 7.66. The van der Waals surface area contributed by atoms with Crippen LogP contribution in [0.5, 0.6) is 0 Å². The molecule has 3 heteroatoms. The van der Waals surface area contributed by atoms with Crippen LogP contribution in [0.15, 0.2) is 15.9 Å². The highest BCUT2D eigenvalue weighted by Crippen LogP contribution is 2.30. The first kappa shape index (κ1) is 14.5. The Morgan fingerprint density at radius 3 is 2.78 bits per heavy atom. The van der Waals surface area contributed by atoms with E-state index in [0.29, 0.717) is 6.04 Å². The molecule has 1 fully saturated rings. The molecule has 1 N–H and O–H groups in total. The van der Waals surface area contributed by atoms with Gasteiger partial charge in [0.1, 0.15) is 0 Å². The van der Waals surface area contributed by atoms with Gasteiger partial charge in [-0.2, -0.15) is 0 Å². The summed E-state index contributed by atoms with van der Waals surface area (Å²) >= 11 is 5.45. The van der Waals surface area contributed by atoms with Crippen LogP contribution in [0.1, 0.15) is 50.3 Å². The lowest BCUT2D eigenvalue weighted by atomic mass is 9.96. The Labute approximate surface area is 123 Å². The largest absolute Gasteiger partial charge is 0.314 e. The highest BCUT2D eigenvalue weighted by molar-refractivity contribution is 9.11. The molecular formula is C15H24BrNS. The summed E-state index contributed by atoms with van der Waals surface area (Å²) in [6, 6.07) is 5.12. The average molecular weight is 330 g/mol. The number of nitrogens with one attached hydrogen (secondary N) is 1. The molecule has 1 aromatic heterocycles. The summed E-state index contributed by atoms with van der Waals surface area (Å²) in [6.45, 7) is 3.41. The Morgan fingerprint density at radius 2 is 2.17 bits per heavy atom. The van der Waals surface area contributed by atoms with Crippen molar-refractivity contribution in [2.45, 2.75) is 57.9 Å². The van der Waals surface area contributed by atoms with Crippen LogP contribution in [0.25, 0.3) is 0 Å². The smallest absolute Gasteiger partial charge is 0.0701 e. The molecule has 18 heavy (non-hydrogen) atoms. The average Bonchev–Trinajstić information content (AvgIpc) is 2.98. The summed E-state index contributed by atoms with van der Waals surface area (Å²) < 4.78 is 1.26. The zero-order chi connectivity index (χ0) is 12.8. The maximum absolute atomic E-state index is 3.75. The van der Waals surface area contributed by atoms with E-state index >= 15 is 0 Å². The Morgan fingerprint density at radius 1 is 1.39 bits per heavy atom. The summed E-state index contributed by atoms with van der Waals surface area (Å²) in [7, 11) is 0. The van der Waals surface area contributed by atoms with Gasteiger partial charge < -0.3 is 5.32 Å². The molecule has 1 heterocycles. The zero-order valence-corrected chi connectivity index (χ0v) is 13.7. The minimum atomic E-state index is 0.679. The van der Waals surface area contributed by atoms with E-state index in [2.05, 4.69) is 40.3 Å². The molecule has 0 aromatic carbocycles. The molecule has 1 saturated carbocycles. The summed E-state index contributed by atoms with van der Waals surface area (Å²) in [5, 5.41) is 3.75. The van der Waals surface area contributed by atoms with Gasteiger partial charge in [-0.15, -0.1) is 11.3 Å². The monoisotopic (exact) mass is 329 g/mol. The van der Waals surface area contributed by atoms with Gasteiger partial charge in [0.15, 0.2) is 0 Å². The van der Waals surface area contributed by atoms with Gasteiger partial charge in [-0.1, -0.05) is 32.6 Å². The van der Waals surface area contributed by atoms with Crippen molar-refractivity contribution in [2.75, 3.05) is 6.54 Å². The summed E-state index contributed by atoms with van der Waals surface area (Å²) in [4.78, 5) is 1.51. The summed E-state index contributed by atoms with van der Waals surface area (Å²) in [5.41, 5.74) is 0. The number of thiophene rings is 1. The van der Waals surface area contributed by atoms with Gasteiger partial charge in [-0.05, 0) is 59.8 Å². The summed E-state index contributed by atoms with van der Waals surface area (Å²) in [5.74, 6) is 0.975. The fourth-order valence-electron chi connectivity index (χ4n) is 2.94. The normalized spacial score (nSPS) is 18.3. The maximum Gasteiger partial charge on any atom is 0.0701 e. The van der Waals surface area contributed by atoms with Gasteiger partial charge in [0.05, 0.1) is 3.79 Å². The topological polar surface area (TPSA) is 12.0 Å². The van der Waals surface area contributed by atoms with Crippen LogP contribution in [0, 0.1) is 5.92 Å². The van der Waals surface area contributed by atoms with Crippen molar-refractivity contribution in [1.29, 1.82) is 0 Å². The van der Waals surface area contributed by atoms with Crippen molar-refractivity contribution in [2.24, 2.45) is 5.92 Å². The van der Waals surface area contributed by atoms with Crippen molar-refractivity contribution in [3.05, 3.63) is 20.8 Å². The molecule has 2 rings (SSSR count). The van der Waals surface area contributed by atoms with Crippen molar-refractivity contribution in [3.8, 4) is 0 Å². The fourth-order valence-corrected chi connectivity index (χ4v) is 4.50. The molecule has 1 aliphatic carbocycles. The standard InChI is InChI=1S/C15H24BrNS/c1-2-9-17-13(10-12-5-3-4-6-12)11-14-7-8-15(16)18-14/h7-8,12-13,17H,2-6,9-11H2,1H3. The lowest BCUT2D eigenvalue weighted by Gasteiger charge is -2.21. The molecule has 0 aliphatic heterocycles. The van der Waals surface area contributed by atoms with Crippen molar-refractivity contribution in [1.82, 2.24) is 5.32 Å². The predicted molar refractivity (Wildman–Crippen MR) is 84.4 cm³/mol. The molecular weight excluding hydrogens is 306 g/mol. The maximum atomic E-state index is 3.75. The molecule has 0 amide bonds. The van der Waals surface area contributed by atoms with Gasteiger partial charge in [0.25, 0.3) is 0 Å². The van der Waals surface area contributed by atoms with E-state index in [1.165, 1.54) is 53.6 Å². The highest BCUT2D eigenvalue weighted by atomic mass is 79.9. The van der Waals surface area contributed by atoms with E-state index in [0.717, 1.165) is 12.5 Å². The Hall–Kier alpha value is 0.140.